The Morgan fingerprint density at radius 1 is 1.43 bits per heavy atom. The van der Waals surface area contributed by atoms with E-state index in [1.165, 1.54) is 12.4 Å². The number of aliphatic hydroxyl groups excluding tert-OH is 1. The zero-order valence-corrected chi connectivity index (χ0v) is 7.99. The van der Waals surface area contributed by atoms with Gasteiger partial charge in [-0.3, -0.25) is 4.79 Å². The number of aromatic nitrogens is 2. The average Bonchev–Trinajstić information content (AvgIpc) is 2.20. The first-order chi connectivity index (χ1) is 6.84. The van der Waals surface area contributed by atoms with Crippen molar-refractivity contribution in [3.05, 3.63) is 22.7 Å². The molecule has 0 atom stereocenters. The van der Waals surface area contributed by atoms with Crippen molar-refractivity contribution >= 4 is 5.82 Å². The minimum Gasteiger partial charge on any atom is -0.396 e. The van der Waals surface area contributed by atoms with Gasteiger partial charge in [0.05, 0.1) is 0 Å². The first-order valence-corrected chi connectivity index (χ1v) is 4.73. The second kappa shape index (κ2) is 6.15. The number of hydrogen-bond acceptors (Lipinski definition) is 4. The van der Waals surface area contributed by atoms with Gasteiger partial charge in [-0.15, -0.1) is 0 Å². The second-order valence-corrected chi connectivity index (χ2v) is 2.98. The largest absolute Gasteiger partial charge is 0.396 e. The van der Waals surface area contributed by atoms with E-state index in [2.05, 4.69) is 15.3 Å². The van der Waals surface area contributed by atoms with Crippen LogP contribution in [0.25, 0.3) is 0 Å². The predicted molar refractivity (Wildman–Crippen MR) is 54.3 cm³/mol. The van der Waals surface area contributed by atoms with Gasteiger partial charge < -0.3 is 15.4 Å². The lowest BCUT2D eigenvalue weighted by molar-refractivity contribution is 0.283. The fraction of sp³-hybridized carbons (Fsp3) is 0.556. The van der Waals surface area contributed by atoms with Gasteiger partial charge in [-0.2, -0.15) is 0 Å². The normalized spacial score (nSPS) is 10.1. The number of hydrogen-bond donors (Lipinski definition) is 3. The van der Waals surface area contributed by atoms with Crippen LogP contribution in [0.4, 0.5) is 5.82 Å². The molecular weight excluding hydrogens is 182 g/mol. The molecule has 78 valence electrons. The van der Waals surface area contributed by atoms with Crippen LogP contribution in [0.1, 0.15) is 19.3 Å². The Morgan fingerprint density at radius 2 is 2.29 bits per heavy atom. The number of rotatable bonds is 6. The Hall–Kier alpha value is -1.36. The van der Waals surface area contributed by atoms with Crippen LogP contribution in [-0.4, -0.2) is 28.2 Å². The predicted octanol–water partition coefficient (Wildman–Crippen LogP) is 0.344. The molecule has 0 unspecified atom stereocenters. The van der Waals surface area contributed by atoms with Gasteiger partial charge in [-0.05, 0) is 19.3 Å². The molecule has 0 saturated carbocycles. The molecule has 1 aromatic heterocycles. The van der Waals surface area contributed by atoms with E-state index in [0.717, 1.165) is 19.3 Å². The summed E-state index contributed by atoms with van der Waals surface area (Å²) in [5, 5.41) is 11.5. The van der Waals surface area contributed by atoms with E-state index >= 15 is 0 Å². The number of aromatic amines is 1. The molecule has 0 fully saturated rings. The Kier molecular flexibility index (Phi) is 4.71. The number of H-pyrrole nitrogens is 1. The van der Waals surface area contributed by atoms with E-state index in [-0.39, 0.29) is 12.2 Å². The molecule has 1 rings (SSSR count). The summed E-state index contributed by atoms with van der Waals surface area (Å²) in [5.74, 6) is 0.358. The zero-order chi connectivity index (χ0) is 10.2. The van der Waals surface area contributed by atoms with Crippen molar-refractivity contribution in [2.24, 2.45) is 0 Å². The molecule has 1 heterocycles. The van der Waals surface area contributed by atoms with Crippen molar-refractivity contribution in [2.45, 2.75) is 19.3 Å². The van der Waals surface area contributed by atoms with Gasteiger partial charge in [-0.25, -0.2) is 4.98 Å². The molecule has 1 aromatic rings. The van der Waals surface area contributed by atoms with Crippen LogP contribution in [0, 0.1) is 0 Å². The summed E-state index contributed by atoms with van der Waals surface area (Å²) in [6, 6.07) is 0. The van der Waals surface area contributed by atoms with Crippen LogP contribution < -0.4 is 10.9 Å². The maximum atomic E-state index is 11.1. The molecule has 0 amide bonds. The monoisotopic (exact) mass is 197 g/mol. The quantitative estimate of drug-likeness (QED) is 0.575. The van der Waals surface area contributed by atoms with Gasteiger partial charge in [0, 0.05) is 25.5 Å². The lowest BCUT2D eigenvalue weighted by Gasteiger charge is -2.02. The first-order valence-electron chi connectivity index (χ1n) is 4.73. The zero-order valence-electron chi connectivity index (χ0n) is 7.99. The minimum atomic E-state index is -0.199. The number of nitrogens with one attached hydrogen (secondary N) is 2. The third-order valence-electron chi connectivity index (χ3n) is 1.84. The lowest BCUT2D eigenvalue weighted by atomic mass is 10.2. The SMILES string of the molecule is O=c1[nH]ccnc1NCCCCCO. The van der Waals surface area contributed by atoms with Gasteiger partial charge in [0.1, 0.15) is 0 Å². The Balaban J connectivity index is 2.25. The molecule has 0 aliphatic heterocycles. The summed E-state index contributed by atoms with van der Waals surface area (Å²) in [7, 11) is 0. The Morgan fingerprint density at radius 3 is 3.00 bits per heavy atom. The topological polar surface area (TPSA) is 78.0 Å². The summed E-state index contributed by atoms with van der Waals surface area (Å²) in [6.07, 6.45) is 5.72. The van der Waals surface area contributed by atoms with E-state index in [4.69, 9.17) is 5.11 Å². The van der Waals surface area contributed by atoms with Crippen molar-refractivity contribution in [1.29, 1.82) is 0 Å². The molecule has 5 heteroatoms. The van der Waals surface area contributed by atoms with E-state index < -0.39 is 0 Å². The highest BCUT2D eigenvalue weighted by molar-refractivity contribution is 5.29. The summed E-state index contributed by atoms with van der Waals surface area (Å²) < 4.78 is 0. The molecule has 5 nitrogen and oxygen atoms in total. The van der Waals surface area contributed by atoms with Crippen molar-refractivity contribution in [3.63, 3.8) is 0 Å². The summed E-state index contributed by atoms with van der Waals surface area (Å²) in [4.78, 5) is 17.5. The smallest absolute Gasteiger partial charge is 0.290 e. The molecule has 14 heavy (non-hydrogen) atoms. The fourth-order valence-electron chi connectivity index (χ4n) is 1.10. The fourth-order valence-corrected chi connectivity index (χ4v) is 1.10. The van der Waals surface area contributed by atoms with Gasteiger partial charge in [-0.1, -0.05) is 0 Å². The molecule has 0 aromatic carbocycles. The van der Waals surface area contributed by atoms with Crippen molar-refractivity contribution in [2.75, 3.05) is 18.5 Å². The maximum absolute atomic E-state index is 11.1. The molecule has 0 spiro atoms. The highest BCUT2D eigenvalue weighted by Gasteiger charge is 1.96. The maximum Gasteiger partial charge on any atom is 0.290 e. The van der Waals surface area contributed by atoms with Crippen LogP contribution in [0.15, 0.2) is 17.2 Å². The highest BCUT2D eigenvalue weighted by atomic mass is 16.2. The number of nitrogens with zero attached hydrogens (tertiary/aromatic N) is 1. The van der Waals surface area contributed by atoms with Crippen LogP contribution in [0.3, 0.4) is 0 Å². The average molecular weight is 197 g/mol. The third kappa shape index (κ3) is 3.57. The first kappa shape index (κ1) is 10.7. The summed E-state index contributed by atoms with van der Waals surface area (Å²) >= 11 is 0. The number of unbranched alkanes of at least 4 members (excludes halogenated alkanes) is 2. The van der Waals surface area contributed by atoms with Crippen molar-refractivity contribution in [3.8, 4) is 0 Å². The Labute approximate surface area is 82.2 Å². The summed E-state index contributed by atoms with van der Waals surface area (Å²) in [6.45, 7) is 0.935. The van der Waals surface area contributed by atoms with Crippen molar-refractivity contribution < 1.29 is 5.11 Å². The van der Waals surface area contributed by atoms with E-state index in [9.17, 15) is 4.79 Å². The van der Waals surface area contributed by atoms with E-state index in [1.807, 2.05) is 0 Å². The third-order valence-corrected chi connectivity index (χ3v) is 1.84. The minimum absolute atomic E-state index is 0.199. The van der Waals surface area contributed by atoms with E-state index in [1.54, 1.807) is 0 Å². The molecule has 0 radical (unpaired) electrons. The van der Waals surface area contributed by atoms with Crippen LogP contribution in [0.2, 0.25) is 0 Å². The standard InChI is InChI=1S/C9H15N3O2/c13-7-3-1-2-4-10-8-9(14)12-6-5-11-8/h5-6,13H,1-4,7H2,(H,10,11)(H,12,14). The second-order valence-electron chi connectivity index (χ2n) is 2.98. The van der Waals surface area contributed by atoms with Gasteiger partial charge >= 0.3 is 0 Å². The molecule has 3 N–H and O–H groups in total. The summed E-state index contributed by atoms with van der Waals surface area (Å²) in [5.41, 5.74) is -0.199. The van der Waals surface area contributed by atoms with E-state index in [0.29, 0.717) is 12.4 Å². The van der Waals surface area contributed by atoms with Crippen LogP contribution in [0.5, 0.6) is 0 Å². The lowest BCUT2D eigenvalue weighted by Crippen LogP contribution is -2.16. The molecule has 0 saturated heterocycles. The van der Waals surface area contributed by atoms with Crippen molar-refractivity contribution in [1.82, 2.24) is 9.97 Å². The molecule has 0 aliphatic carbocycles. The number of anilines is 1. The highest BCUT2D eigenvalue weighted by Crippen LogP contribution is 1.95. The van der Waals surface area contributed by atoms with Gasteiger partial charge in [0.25, 0.3) is 5.56 Å². The number of aliphatic hydroxyl groups is 1. The molecule has 0 aliphatic rings. The van der Waals surface area contributed by atoms with Gasteiger partial charge in [0.15, 0.2) is 5.82 Å². The van der Waals surface area contributed by atoms with Crippen LogP contribution in [-0.2, 0) is 0 Å². The van der Waals surface area contributed by atoms with Gasteiger partial charge in [0.2, 0.25) is 0 Å². The van der Waals surface area contributed by atoms with Crippen LogP contribution >= 0.6 is 0 Å². The molecule has 0 bridgehead atoms. The Bertz CT molecular complexity index is 311. The molecular formula is C9H15N3O2.